The third-order valence-corrected chi connectivity index (χ3v) is 12.2. The molecule has 2 atom stereocenters. The van der Waals surface area contributed by atoms with Gasteiger partial charge in [-0.3, -0.25) is 39.0 Å². The van der Waals surface area contributed by atoms with E-state index in [0.29, 0.717) is 41.9 Å². The lowest BCUT2D eigenvalue weighted by Crippen LogP contribution is -2.54. The van der Waals surface area contributed by atoms with E-state index in [2.05, 4.69) is 50.6 Å². The van der Waals surface area contributed by atoms with Gasteiger partial charge in [-0.25, -0.2) is 4.98 Å². The molecule has 1 aromatic heterocycles. The van der Waals surface area contributed by atoms with Crippen LogP contribution in [0.4, 0.5) is 23.0 Å². The van der Waals surface area contributed by atoms with E-state index < -0.39 is 29.7 Å². The number of carbonyl (C=O) groups excluding carboxylic acids is 6. The Hall–Kier alpha value is -6.45. The minimum atomic E-state index is -1.09. The van der Waals surface area contributed by atoms with E-state index in [-0.39, 0.29) is 54.2 Å². The van der Waals surface area contributed by atoms with Crippen LogP contribution in [0.1, 0.15) is 115 Å². The van der Waals surface area contributed by atoms with Gasteiger partial charge in [0, 0.05) is 43.9 Å². The van der Waals surface area contributed by atoms with Gasteiger partial charge in [-0.2, -0.15) is 0 Å². The number of nitrogens with one attached hydrogen (secondary N) is 4. The van der Waals surface area contributed by atoms with Gasteiger partial charge in [0.25, 0.3) is 23.6 Å². The molecule has 3 aliphatic heterocycles. The average molecular weight is 849 g/mol. The number of aromatic nitrogens is 1. The van der Waals surface area contributed by atoms with E-state index >= 15 is 0 Å². The SMILES string of the molecule is C=C1[C@@H](C)N(C2CCCC2)c2nc(Nc3ccc(C(=O)NCCCCCCCCNC(=O)COc4cccc5c4C(=O)N(C4CCC(=O)NC4=O)C5=O)cc3OC)ccc2N1C. The van der Waals surface area contributed by atoms with Crippen LogP contribution < -0.4 is 40.5 Å². The maximum absolute atomic E-state index is 13.2. The lowest BCUT2D eigenvalue weighted by molar-refractivity contribution is -0.136. The second-order valence-electron chi connectivity index (χ2n) is 16.3. The number of hydrogen-bond acceptors (Lipinski definition) is 12. The summed E-state index contributed by atoms with van der Waals surface area (Å²) in [5.41, 5.74) is 3.40. The molecule has 16 heteroatoms. The van der Waals surface area contributed by atoms with Gasteiger partial charge >= 0.3 is 0 Å². The van der Waals surface area contributed by atoms with E-state index in [1.807, 2.05) is 19.2 Å². The number of nitrogens with zero attached hydrogens (tertiary/aromatic N) is 4. The monoisotopic (exact) mass is 848 g/mol. The number of ether oxygens (including phenoxy) is 2. The number of anilines is 4. The molecule has 7 rings (SSSR count). The molecule has 4 heterocycles. The van der Waals surface area contributed by atoms with E-state index in [9.17, 15) is 28.8 Å². The van der Waals surface area contributed by atoms with Crippen LogP contribution in [0.5, 0.6) is 11.5 Å². The van der Waals surface area contributed by atoms with Crippen LogP contribution >= 0.6 is 0 Å². The van der Waals surface area contributed by atoms with Crippen LogP contribution in [0.2, 0.25) is 0 Å². The largest absolute Gasteiger partial charge is 0.495 e. The van der Waals surface area contributed by atoms with Crippen molar-refractivity contribution >= 4 is 58.5 Å². The van der Waals surface area contributed by atoms with E-state index in [4.69, 9.17) is 14.5 Å². The molecule has 16 nitrogen and oxygen atoms in total. The van der Waals surface area contributed by atoms with Crippen LogP contribution in [0.3, 0.4) is 0 Å². The van der Waals surface area contributed by atoms with Crippen LogP contribution in [0, 0.1) is 0 Å². The number of benzene rings is 2. The molecule has 328 valence electrons. The average Bonchev–Trinajstić information content (AvgIpc) is 3.89. The van der Waals surface area contributed by atoms with Crippen LogP contribution in [-0.2, 0) is 14.4 Å². The first-order chi connectivity index (χ1) is 30.0. The highest BCUT2D eigenvalue weighted by atomic mass is 16.5. The van der Waals surface area contributed by atoms with Gasteiger partial charge in [-0.1, -0.05) is 51.2 Å². The number of imide groups is 2. The standard InChI is InChI=1S/C46H56N8O8/c1-28-29(2)53(31-14-9-10-15-31)42-34(52(28)3)20-22-38(50-42)49-33-19-18-30(26-37(33)61-4)43(57)48-25-12-8-6-5-7-11-24-47-40(56)27-62-36-17-13-16-32-41(36)46(60)54(45(32)59)35-21-23-39(55)51-44(35)58/h13,16-20,22,26,29,31,35H,1,5-12,14-15,21,23-25,27H2,2-4H3,(H,47,56)(H,48,57)(H,49,50)(H,51,55,58)/t29-,35?/m1/s1. The number of fused-ring (bicyclic) bond motifs is 2. The molecule has 3 aromatic rings. The molecule has 0 radical (unpaired) electrons. The molecule has 1 aliphatic carbocycles. The fourth-order valence-electron chi connectivity index (χ4n) is 8.77. The zero-order valence-electron chi connectivity index (χ0n) is 35.7. The van der Waals surface area contributed by atoms with Crippen molar-refractivity contribution in [2.24, 2.45) is 0 Å². The molecule has 4 N–H and O–H groups in total. The summed E-state index contributed by atoms with van der Waals surface area (Å²) in [7, 11) is 3.63. The summed E-state index contributed by atoms with van der Waals surface area (Å²) in [5.74, 6) is -0.762. The highest BCUT2D eigenvalue weighted by Gasteiger charge is 2.46. The lowest BCUT2D eigenvalue weighted by Gasteiger charge is -2.45. The van der Waals surface area contributed by atoms with Crippen molar-refractivity contribution in [3.8, 4) is 11.5 Å². The van der Waals surface area contributed by atoms with Gasteiger partial charge in [0.2, 0.25) is 11.8 Å². The van der Waals surface area contributed by atoms with E-state index in [0.717, 1.165) is 73.5 Å². The summed E-state index contributed by atoms with van der Waals surface area (Å²) in [5, 5.41) is 11.4. The number of methoxy groups -OCH3 is 1. The minimum absolute atomic E-state index is 0.00206. The zero-order chi connectivity index (χ0) is 43.9. The van der Waals surface area contributed by atoms with Crippen molar-refractivity contribution in [2.75, 3.05) is 49.0 Å². The molecule has 1 saturated heterocycles. The first-order valence-corrected chi connectivity index (χ1v) is 21.7. The number of unbranched alkanes of at least 4 members (excludes halogenated alkanes) is 5. The van der Waals surface area contributed by atoms with Crippen molar-refractivity contribution in [1.82, 2.24) is 25.8 Å². The molecule has 1 unspecified atom stereocenters. The van der Waals surface area contributed by atoms with Crippen molar-refractivity contribution < 1.29 is 38.2 Å². The van der Waals surface area contributed by atoms with Crippen molar-refractivity contribution in [1.29, 1.82) is 0 Å². The van der Waals surface area contributed by atoms with Crippen molar-refractivity contribution in [3.05, 3.63) is 77.5 Å². The second-order valence-corrected chi connectivity index (χ2v) is 16.3. The third kappa shape index (κ3) is 9.38. The Morgan fingerprint density at radius 2 is 1.61 bits per heavy atom. The molecule has 0 spiro atoms. The molecule has 62 heavy (non-hydrogen) atoms. The molecule has 2 aromatic carbocycles. The number of carbonyl (C=O) groups is 6. The molecule has 4 aliphatic rings. The number of rotatable bonds is 18. The Morgan fingerprint density at radius 3 is 2.34 bits per heavy atom. The van der Waals surface area contributed by atoms with E-state index in [1.165, 1.54) is 25.0 Å². The maximum Gasteiger partial charge on any atom is 0.266 e. The number of amides is 6. The van der Waals surface area contributed by atoms with Gasteiger partial charge < -0.3 is 35.2 Å². The predicted octanol–water partition coefficient (Wildman–Crippen LogP) is 5.60. The predicted molar refractivity (Wildman–Crippen MR) is 234 cm³/mol. The number of piperidine rings is 1. The Bertz CT molecular complexity index is 2240. The number of hydrogen-bond donors (Lipinski definition) is 4. The molecule has 6 amide bonds. The summed E-state index contributed by atoms with van der Waals surface area (Å²) in [6, 6.07) is 13.4. The summed E-state index contributed by atoms with van der Waals surface area (Å²) in [6.45, 7) is 7.22. The molecular formula is C46H56N8O8. The van der Waals surface area contributed by atoms with Gasteiger partial charge in [0.15, 0.2) is 12.4 Å². The second kappa shape index (κ2) is 19.5. The normalized spacial score (nSPS) is 18.7. The van der Waals surface area contributed by atoms with Gasteiger partial charge in [0.05, 0.1) is 35.7 Å². The molecule has 0 bridgehead atoms. The Balaban J connectivity index is 0.785. The van der Waals surface area contributed by atoms with Gasteiger partial charge in [-0.05, 0) is 81.5 Å². The van der Waals surface area contributed by atoms with Crippen molar-refractivity contribution in [3.63, 3.8) is 0 Å². The Morgan fingerprint density at radius 1 is 0.887 bits per heavy atom. The van der Waals surface area contributed by atoms with Crippen molar-refractivity contribution in [2.45, 2.75) is 102 Å². The van der Waals surface area contributed by atoms with Gasteiger partial charge in [-0.15, -0.1) is 0 Å². The van der Waals surface area contributed by atoms with E-state index in [1.54, 1.807) is 25.3 Å². The van der Waals surface area contributed by atoms with Gasteiger partial charge in [0.1, 0.15) is 23.4 Å². The summed E-state index contributed by atoms with van der Waals surface area (Å²) >= 11 is 0. The first kappa shape index (κ1) is 43.6. The van der Waals surface area contributed by atoms with Crippen LogP contribution in [-0.4, -0.2) is 97.3 Å². The zero-order valence-corrected chi connectivity index (χ0v) is 35.7. The van der Waals surface area contributed by atoms with Crippen LogP contribution in [0.15, 0.2) is 60.8 Å². The first-order valence-electron chi connectivity index (χ1n) is 21.7. The maximum atomic E-state index is 13.2. The summed E-state index contributed by atoms with van der Waals surface area (Å²) in [4.78, 5) is 86.3. The fraction of sp³-hybridized carbons (Fsp3) is 0.457. The minimum Gasteiger partial charge on any atom is -0.495 e. The fourth-order valence-corrected chi connectivity index (χ4v) is 8.77. The topological polar surface area (TPSA) is 192 Å². The number of pyridine rings is 1. The summed E-state index contributed by atoms with van der Waals surface area (Å²) < 4.78 is 11.3. The Kier molecular flexibility index (Phi) is 13.7. The third-order valence-electron chi connectivity index (χ3n) is 12.2. The quantitative estimate of drug-likeness (QED) is 0.0917. The smallest absolute Gasteiger partial charge is 0.266 e. The number of likely N-dealkylation sites (N-methyl/N-ethyl adjacent to an activating group) is 1. The highest BCUT2D eigenvalue weighted by molar-refractivity contribution is 6.24. The lowest BCUT2D eigenvalue weighted by atomic mass is 10.0. The Labute approximate surface area is 361 Å². The molecular weight excluding hydrogens is 793 g/mol. The van der Waals surface area contributed by atoms with Crippen LogP contribution in [0.25, 0.3) is 0 Å². The summed E-state index contributed by atoms with van der Waals surface area (Å²) in [6.07, 6.45) is 10.3. The highest BCUT2D eigenvalue weighted by Crippen LogP contribution is 2.43. The molecule has 2 fully saturated rings. The molecule has 1 saturated carbocycles.